The predicted molar refractivity (Wildman–Crippen MR) is 131 cm³/mol. The Morgan fingerprint density at radius 1 is 0.935 bits per heavy atom. The largest absolute Gasteiger partial charge is 0.355 e. The lowest BCUT2D eigenvalue weighted by atomic mass is 10.0. The van der Waals surface area contributed by atoms with Gasteiger partial charge in [0.15, 0.2) is 5.16 Å². The summed E-state index contributed by atoms with van der Waals surface area (Å²) in [4.78, 5) is 17.1. The number of carbonyl (C=O) groups is 1. The molecule has 1 amide bonds. The van der Waals surface area contributed by atoms with Crippen molar-refractivity contribution >= 4 is 17.7 Å². The molecule has 1 aromatic heterocycles. The van der Waals surface area contributed by atoms with Gasteiger partial charge in [-0.1, -0.05) is 99.1 Å². The summed E-state index contributed by atoms with van der Waals surface area (Å²) in [5.41, 5.74) is 4.49. The average molecular weight is 436 g/mol. The molecule has 0 atom stereocenters. The van der Waals surface area contributed by atoms with Gasteiger partial charge in [-0.05, 0) is 12.8 Å². The number of amides is 1. The highest BCUT2D eigenvalue weighted by Crippen LogP contribution is 2.36. The molecule has 0 bridgehead atoms. The van der Waals surface area contributed by atoms with Crippen molar-refractivity contribution in [2.75, 3.05) is 12.3 Å². The van der Waals surface area contributed by atoms with Crippen LogP contribution in [0.4, 0.5) is 0 Å². The zero-order valence-electron chi connectivity index (χ0n) is 18.6. The predicted octanol–water partition coefficient (Wildman–Crippen LogP) is 6.42. The summed E-state index contributed by atoms with van der Waals surface area (Å²) < 4.78 is 2.34. The van der Waals surface area contributed by atoms with E-state index in [0.29, 0.717) is 13.0 Å². The molecule has 5 heteroatoms. The normalized spacial score (nSPS) is 10.9. The molecule has 4 nitrogen and oxygen atoms in total. The number of hydrogen-bond acceptors (Lipinski definition) is 3. The van der Waals surface area contributed by atoms with Gasteiger partial charge in [-0.25, -0.2) is 4.98 Å². The summed E-state index contributed by atoms with van der Waals surface area (Å²) in [6.07, 6.45) is 4.88. The molecule has 0 unspecified atom stereocenters. The Morgan fingerprint density at radius 3 is 2.26 bits per heavy atom. The Morgan fingerprint density at radius 2 is 1.61 bits per heavy atom. The van der Waals surface area contributed by atoms with E-state index in [-0.39, 0.29) is 5.91 Å². The van der Waals surface area contributed by atoms with Crippen LogP contribution < -0.4 is 5.32 Å². The quantitative estimate of drug-likeness (QED) is 0.264. The number of benzene rings is 2. The number of hydrogen-bond donors (Lipinski definition) is 1. The molecule has 0 spiro atoms. The molecule has 0 aliphatic rings. The fraction of sp³-hybridized carbons (Fsp3) is 0.385. The van der Waals surface area contributed by atoms with Crippen LogP contribution in [0.1, 0.15) is 46.0 Å². The van der Waals surface area contributed by atoms with Gasteiger partial charge in [-0.2, -0.15) is 0 Å². The molecule has 3 aromatic rings. The molecule has 0 saturated heterocycles. The van der Waals surface area contributed by atoms with Gasteiger partial charge >= 0.3 is 0 Å². The van der Waals surface area contributed by atoms with Crippen LogP contribution in [0, 0.1) is 0 Å². The first-order chi connectivity index (χ1) is 15.2. The van der Waals surface area contributed by atoms with E-state index in [9.17, 15) is 4.79 Å². The summed E-state index contributed by atoms with van der Waals surface area (Å²) in [6.45, 7) is 5.92. The number of nitrogens with zero attached hydrogens (tertiary/aromatic N) is 2. The third kappa shape index (κ3) is 6.47. The minimum absolute atomic E-state index is 0.154. The zero-order chi connectivity index (χ0) is 21.9. The molecule has 1 N–H and O–H groups in total. The van der Waals surface area contributed by atoms with Crippen molar-refractivity contribution in [2.45, 2.75) is 57.7 Å². The van der Waals surface area contributed by atoms with Gasteiger partial charge < -0.3 is 9.88 Å². The van der Waals surface area contributed by atoms with Crippen LogP contribution in [0.5, 0.6) is 0 Å². The van der Waals surface area contributed by atoms with Gasteiger partial charge in [0, 0.05) is 36.4 Å². The second-order valence-electron chi connectivity index (χ2n) is 7.63. The molecule has 0 fully saturated rings. The van der Waals surface area contributed by atoms with E-state index in [0.717, 1.165) is 54.4 Å². The molecule has 0 aliphatic carbocycles. The van der Waals surface area contributed by atoms with Crippen molar-refractivity contribution < 1.29 is 4.79 Å². The molecule has 31 heavy (non-hydrogen) atoms. The zero-order valence-corrected chi connectivity index (χ0v) is 19.5. The van der Waals surface area contributed by atoms with Crippen LogP contribution in [0.2, 0.25) is 0 Å². The van der Waals surface area contributed by atoms with Crippen LogP contribution in [-0.4, -0.2) is 27.8 Å². The van der Waals surface area contributed by atoms with E-state index < -0.39 is 0 Å². The fourth-order valence-electron chi connectivity index (χ4n) is 3.62. The molecule has 164 valence electrons. The van der Waals surface area contributed by atoms with Gasteiger partial charge in [-0.3, -0.25) is 4.79 Å². The minimum atomic E-state index is 0.154. The van der Waals surface area contributed by atoms with Gasteiger partial charge in [-0.15, -0.1) is 0 Å². The Hall–Kier alpha value is -2.53. The molecular formula is C26H33N3OS. The Labute approximate surface area is 190 Å². The average Bonchev–Trinajstić information content (AvgIpc) is 3.16. The highest BCUT2D eigenvalue weighted by atomic mass is 32.2. The second-order valence-corrected chi connectivity index (χ2v) is 8.69. The van der Waals surface area contributed by atoms with Crippen LogP contribution in [0.3, 0.4) is 0 Å². The van der Waals surface area contributed by atoms with Crippen LogP contribution >= 0.6 is 11.8 Å². The third-order valence-electron chi connectivity index (χ3n) is 5.14. The molecule has 2 aromatic carbocycles. The maximum atomic E-state index is 12.0. The number of thioether (sulfide) groups is 1. The van der Waals surface area contributed by atoms with E-state index in [1.807, 2.05) is 12.1 Å². The van der Waals surface area contributed by atoms with E-state index in [1.165, 1.54) is 11.3 Å². The van der Waals surface area contributed by atoms with E-state index in [2.05, 4.69) is 72.3 Å². The van der Waals surface area contributed by atoms with Gasteiger partial charge in [0.2, 0.25) is 5.91 Å². The standard InChI is InChI=1S/C26H33N3OS/c1-3-5-8-17-23(30)27-18-20-31-26-28-24(21-13-9-6-10-14-21)25(29(26)19-4-2)22-15-11-7-12-16-22/h6-7,9-16H,3-5,8,17-20H2,1-2H3,(H,27,30). The first-order valence-electron chi connectivity index (χ1n) is 11.4. The summed E-state index contributed by atoms with van der Waals surface area (Å²) in [7, 11) is 0. The Bertz CT molecular complexity index is 938. The number of imidazole rings is 1. The van der Waals surface area contributed by atoms with Crippen molar-refractivity contribution in [3.05, 3.63) is 60.7 Å². The molecule has 3 rings (SSSR count). The van der Waals surface area contributed by atoms with Crippen LogP contribution in [0.15, 0.2) is 65.8 Å². The monoisotopic (exact) mass is 435 g/mol. The molecule has 0 radical (unpaired) electrons. The maximum absolute atomic E-state index is 12.0. The summed E-state index contributed by atoms with van der Waals surface area (Å²) in [6, 6.07) is 20.9. The summed E-state index contributed by atoms with van der Waals surface area (Å²) >= 11 is 1.72. The summed E-state index contributed by atoms with van der Waals surface area (Å²) in [5.74, 6) is 0.962. The Balaban J connectivity index is 1.80. The maximum Gasteiger partial charge on any atom is 0.220 e. The highest BCUT2D eigenvalue weighted by Gasteiger charge is 2.19. The SMILES string of the molecule is CCCCCC(=O)NCCSc1nc(-c2ccccc2)c(-c2ccccc2)n1CCC. The molecule has 0 aliphatic heterocycles. The topological polar surface area (TPSA) is 46.9 Å². The van der Waals surface area contributed by atoms with Crippen LogP contribution in [-0.2, 0) is 11.3 Å². The highest BCUT2D eigenvalue weighted by molar-refractivity contribution is 7.99. The van der Waals surface area contributed by atoms with Gasteiger partial charge in [0.05, 0.1) is 11.4 Å². The molecule has 0 saturated carbocycles. The van der Waals surface area contributed by atoms with E-state index in [4.69, 9.17) is 4.98 Å². The third-order valence-corrected chi connectivity index (χ3v) is 6.12. The van der Waals surface area contributed by atoms with Crippen molar-refractivity contribution in [2.24, 2.45) is 0 Å². The van der Waals surface area contributed by atoms with Gasteiger partial charge in [0.1, 0.15) is 0 Å². The van der Waals surface area contributed by atoms with E-state index >= 15 is 0 Å². The summed E-state index contributed by atoms with van der Waals surface area (Å²) in [5, 5.41) is 4.06. The van der Waals surface area contributed by atoms with Gasteiger partial charge in [0.25, 0.3) is 0 Å². The lowest BCUT2D eigenvalue weighted by molar-refractivity contribution is -0.121. The van der Waals surface area contributed by atoms with Crippen molar-refractivity contribution in [1.82, 2.24) is 14.9 Å². The second kappa shape index (κ2) is 12.4. The molecule has 1 heterocycles. The number of nitrogens with one attached hydrogen (secondary N) is 1. The lowest BCUT2D eigenvalue weighted by Crippen LogP contribution is -2.25. The Kier molecular flexibility index (Phi) is 9.22. The number of carbonyl (C=O) groups excluding carboxylic acids is 1. The number of unbranched alkanes of at least 4 members (excludes halogenated alkanes) is 2. The van der Waals surface area contributed by atoms with E-state index in [1.54, 1.807) is 11.8 Å². The minimum Gasteiger partial charge on any atom is -0.355 e. The number of aromatic nitrogens is 2. The number of rotatable bonds is 12. The first kappa shape index (κ1) is 23.1. The van der Waals surface area contributed by atoms with Crippen LogP contribution in [0.25, 0.3) is 22.5 Å². The lowest BCUT2D eigenvalue weighted by Gasteiger charge is -2.12. The first-order valence-corrected chi connectivity index (χ1v) is 12.3. The van der Waals surface area contributed by atoms with Crippen molar-refractivity contribution in [3.8, 4) is 22.5 Å². The van der Waals surface area contributed by atoms with Crippen molar-refractivity contribution in [1.29, 1.82) is 0 Å². The molecular weight excluding hydrogens is 402 g/mol. The smallest absolute Gasteiger partial charge is 0.220 e. The fourth-order valence-corrected chi connectivity index (χ4v) is 4.50. The van der Waals surface area contributed by atoms with Crippen molar-refractivity contribution in [3.63, 3.8) is 0 Å².